The Morgan fingerprint density at radius 1 is 1.00 bits per heavy atom. The normalized spacial score (nSPS) is 12.5. The van der Waals surface area contributed by atoms with Crippen LogP contribution in [-0.4, -0.2) is 47.2 Å². The van der Waals surface area contributed by atoms with E-state index in [2.05, 4.69) is 17.4 Å². The summed E-state index contributed by atoms with van der Waals surface area (Å²) in [5.74, 6) is 0. The molecule has 0 aliphatic rings. The lowest BCUT2D eigenvalue weighted by Gasteiger charge is -2.16. The first kappa shape index (κ1) is 16.1. The first-order chi connectivity index (χ1) is 9.38. The highest BCUT2D eigenvalue weighted by Crippen LogP contribution is 2.12. The van der Waals surface area contributed by atoms with Gasteiger partial charge in [-0.3, -0.25) is 0 Å². The summed E-state index contributed by atoms with van der Waals surface area (Å²) in [6.07, 6.45) is 0.912. The lowest BCUT2D eigenvalue weighted by molar-refractivity contribution is 0.0478. The van der Waals surface area contributed by atoms with Gasteiger partial charge < -0.3 is 19.5 Å². The Kier molecular flexibility index (Phi) is 9.27. The molecule has 0 aliphatic heterocycles. The molecule has 0 saturated carbocycles. The molecule has 4 nitrogen and oxygen atoms in total. The minimum absolute atomic E-state index is 0.246. The fraction of sp³-hybridized carbons (Fsp3) is 0.600. The summed E-state index contributed by atoms with van der Waals surface area (Å²) in [5.41, 5.74) is 1.25. The van der Waals surface area contributed by atoms with Gasteiger partial charge in [-0.2, -0.15) is 0 Å². The highest BCUT2D eigenvalue weighted by atomic mass is 16.5. The Balaban J connectivity index is 2.07. The molecule has 0 saturated heterocycles. The van der Waals surface area contributed by atoms with Gasteiger partial charge in [-0.25, -0.2) is 0 Å². The maximum atomic E-state index is 5.67. The van der Waals surface area contributed by atoms with Crippen LogP contribution in [0, 0.1) is 0 Å². The number of ether oxygens (including phenoxy) is 3. The molecule has 0 fully saturated rings. The van der Waals surface area contributed by atoms with Crippen LogP contribution >= 0.6 is 0 Å². The lowest BCUT2D eigenvalue weighted by atomic mass is 10.1. The van der Waals surface area contributed by atoms with Gasteiger partial charge in [0.1, 0.15) is 0 Å². The fourth-order valence-electron chi connectivity index (χ4n) is 1.74. The van der Waals surface area contributed by atoms with E-state index in [1.165, 1.54) is 5.56 Å². The minimum Gasteiger partial charge on any atom is -0.382 e. The molecule has 1 atom stereocenters. The van der Waals surface area contributed by atoms with Crippen molar-refractivity contribution in [3.63, 3.8) is 0 Å². The number of hydrogen-bond acceptors (Lipinski definition) is 4. The van der Waals surface area contributed by atoms with Crippen LogP contribution in [0.4, 0.5) is 0 Å². The van der Waals surface area contributed by atoms with Gasteiger partial charge in [0.25, 0.3) is 0 Å². The number of hydrogen-bond donors (Lipinski definition) is 1. The minimum atomic E-state index is 0.246. The monoisotopic (exact) mass is 267 g/mol. The quantitative estimate of drug-likeness (QED) is 0.623. The highest BCUT2D eigenvalue weighted by molar-refractivity contribution is 5.18. The predicted octanol–water partition coefficient (Wildman–Crippen LogP) is 2.02. The Morgan fingerprint density at radius 2 is 1.74 bits per heavy atom. The van der Waals surface area contributed by atoms with Gasteiger partial charge in [-0.15, -0.1) is 0 Å². The van der Waals surface area contributed by atoms with E-state index in [0.717, 1.165) is 19.6 Å². The number of likely N-dealkylation sites (N-methyl/N-ethyl adjacent to an activating group) is 1. The molecular formula is C15H25NO3. The van der Waals surface area contributed by atoms with Crippen LogP contribution in [0.25, 0.3) is 0 Å². The Labute approximate surface area is 116 Å². The van der Waals surface area contributed by atoms with E-state index in [-0.39, 0.29) is 6.04 Å². The van der Waals surface area contributed by atoms with Crippen LogP contribution in [-0.2, 0) is 14.2 Å². The largest absolute Gasteiger partial charge is 0.382 e. The predicted molar refractivity (Wildman–Crippen MR) is 76.4 cm³/mol. The molecule has 1 rings (SSSR count). The van der Waals surface area contributed by atoms with Gasteiger partial charge in [0, 0.05) is 20.3 Å². The number of methoxy groups -OCH3 is 1. The van der Waals surface area contributed by atoms with Crippen LogP contribution in [0.5, 0.6) is 0 Å². The van der Waals surface area contributed by atoms with Crippen molar-refractivity contribution >= 4 is 0 Å². The smallest absolute Gasteiger partial charge is 0.0700 e. The van der Waals surface area contributed by atoms with E-state index in [0.29, 0.717) is 19.8 Å². The molecule has 0 aromatic heterocycles. The summed E-state index contributed by atoms with van der Waals surface area (Å²) < 4.78 is 15.9. The SMILES string of the molecule is CNC(COCCCOCCOC)c1ccccc1. The first-order valence-corrected chi connectivity index (χ1v) is 6.75. The molecule has 1 aromatic carbocycles. The third-order valence-electron chi connectivity index (χ3n) is 2.84. The number of rotatable bonds is 11. The maximum absolute atomic E-state index is 5.67. The van der Waals surface area contributed by atoms with Gasteiger partial charge in [0.2, 0.25) is 0 Å². The standard InChI is InChI=1S/C15H25NO3/c1-16-15(14-7-4-3-5-8-14)13-19-10-6-9-18-12-11-17-2/h3-5,7-8,15-16H,6,9-13H2,1-2H3. The number of benzene rings is 1. The van der Waals surface area contributed by atoms with Crippen molar-refractivity contribution < 1.29 is 14.2 Å². The summed E-state index contributed by atoms with van der Waals surface area (Å²) in [6, 6.07) is 10.6. The molecule has 1 unspecified atom stereocenters. The Morgan fingerprint density at radius 3 is 2.42 bits per heavy atom. The molecule has 19 heavy (non-hydrogen) atoms. The van der Waals surface area contributed by atoms with Crippen molar-refractivity contribution in [2.45, 2.75) is 12.5 Å². The van der Waals surface area contributed by atoms with Gasteiger partial charge in [-0.05, 0) is 19.0 Å². The van der Waals surface area contributed by atoms with Gasteiger partial charge in [0.05, 0.1) is 25.9 Å². The van der Waals surface area contributed by atoms with Crippen molar-refractivity contribution in [1.82, 2.24) is 5.32 Å². The van der Waals surface area contributed by atoms with Gasteiger partial charge in [-0.1, -0.05) is 30.3 Å². The fourth-order valence-corrected chi connectivity index (χ4v) is 1.74. The summed E-state index contributed by atoms with van der Waals surface area (Å²) in [6.45, 7) is 3.42. The average molecular weight is 267 g/mol. The van der Waals surface area contributed by atoms with E-state index in [1.54, 1.807) is 7.11 Å². The van der Waals surface area contributed by atoms with E-state index >= 15 is 0 Å². The zero-order valence-corrected chi connectivity index (χ0v) is 11.9. The van der Waals surface area contributed by atoms with E-state index in [1.807, 2.05) is 25.2 Å². The molecule has 0 spiro atoms. The Bertz CT molecular complexity index is 306. The molecule has 1 aromatic rings. The third-order valence-corrected chi connectivity index (χ3v) is 2.84. The molecule has 0 radical (unpaired) electrons. The van der Waals surface area contributed by atoms with E-state index in [9.17, 15) is 0 Å². The summed E-state index contributed by atoms with van der Waals surface area (Å²) in [4.78, 5) is 0. The second-order valence-corrected chi connectivity index (χ2v) is 4.29. The topological polar surface area (TPSA) is 39.7 Å². The van der Waals surface area contributed by atoms with E-state index in [4.69, 9.17) is 14.2 Å². The first-order valence-electron chi connectivity index (χ1n) is 6.75. The number of nitrogens with one attached hydrogen (secondary N) is 1. The lowest BCUT2D eigenvalue weighted by Crippen LogP contribution is -2.22. The van der Waals surface area contributed by atoms with Crippen LogP contribution < -0.4 is 5.32 Å². The molecule has 0 aliphatic carbocycles. The second-order valence-electron chi connectivity index (χ2n) is 4.29. The average Bonchev–Trinajstić information content (AvgIpc) is 2.47. The zero-order valence-electron chi connectivity index (χ0n) is 11.9. The molecular weight excluding hydrogens is 242 g/mol. The Hall–Kier alpha value is -0.940. The summed E-state index contributed by atoms with van der Waals surface area (Å²) >= 11 is 0. The molecule has 0 amide bonds. The molecule has 0 bridgehead atoms. The molecule has 1 N–H and O–H groups in total. The molecule has 108 valence electrons. The van der Waals surface area contributed by atoms with E-state index < -0.39 is 0 Å². The van der Waals surface area contributed by atoms with Gasteiger partial charge >= 0.3 is 0 Å². The van der Waals surface area contributed by atoms with Crippen molar-refractivity contribution in [2.24, 2.45) is 0 Å². The van der Waals surface area contributed by atoms with Crippen LogP contribution in [0.1, 0.15) is 18.0 Å². The van der Waals surface area contributed by atoms with Crippen LogP contribution in [0.15, 0.2) is 30.3 Å². The maximum Gasteiger partial charge on any atom is 0.0700 e. The second kappa shape index (κ2) is 10.9. The van der Waals surface area contributed by atoms with Crippen molar-refractivity contribution in [3.05, 3.63) is 35.9 Å². The summed E-state index contributed by atoms with van der Waals surface area (Å²) in [7, 11) is 3.63. The zero-order chi connectivity index (χ0) is 13.8. The summed E-state index contributed by atoms with van der Waals surface area (Å²) in [5, 5.41) is 3.26. The van der Waals surface area contributed by atoms with Crippen molar-refractivity contribution in [1.29, 1.82) is 0 Å². The van der Waals surface area contributed by atoms with Crippen LogP contribution in [0.3, 0.4) is 0 Å². The van der Waals surface area contributed by atoms with Crippen molar-refractivity contribution in [2.75, 3.05) is 47.2 Å². The highest BCUT2D eigenvalue weighted by Gasteiger charge is 2.07. The molecule has 4 heteroatoms. The third kappa shape index (κ3) is 7.28. The molecule has 0 heterocycles. The van der Waals surface area contributed by atoms with Gasteiger partial charge in [0.15, 0.2) is 0 Å². The van der Waals surface area contributed by atoms with Crippen molar-refractivity contribution in [3.8, 4) is 0 Å². The van der Waals surface area contributed by atoms with Crippen LogP contribution in [0.2, 0.25) is 0 Å².